The number of aliphatic hydroxyl groups excluding tert-OH is 1. The number of nitrogens with zero attached hydrogens (tertiary/aromatic N) is 9. The van der Waals surface area contributed by atoms with Gasteiger partial charge >= 0.3 is 0 Å². The Morgan fingerprint density at radius 2 is 1.67 bits per heavy atom. The number of hydrogen-bond donors (Lipinski definition) is 5. The highest BCUT2D eigenvalue weighted by Crippen LogP contribution is 2.31. The van der Waals surface area contributed by atoms with Gasteiger partial charge < -0.3 is 36.0 Å². The van der Waals surface area contributed by atoms with Crippen LogP contribution in [0, 0.1) is 12.3 Å². The summed E-state index contributed by atoms with van der Waals surface area (Å²) >= 11 is 1.58. The molecule has 3 amide bonds. The molecule has 2 aliphatic heterocycles. The zero-order chi connectivity index (χ0) is 51.5. The van der Waals surface area contributed by atoms with E-state index in [1.165, 1.54) is 15.8 Å². The molecule has 72 heavy (non-hydrogen) atoms. The Kier molecular flexibility index (Phi) is 15.4. The van der Waals surface area contributed by atoms with Crippen LogP contribution in [-0.2, 0) is 26.5 Å². The van der Waals surface area contributed by atoms with E-state index in [1.807, 2.05) is 88.7 Å². The summed E-state index contributed by atoms with van der Waals surface area (Å²) in [5.74, 6) is -0.244. The molecule has 4 aromatic heterocycles. The van der Waals surface area contributed by atoms with Crippen LogP contribution in [0.25, 0.3) is 27.3 Å². The third-order valence-electron chi connectivity index (χ3n) is 13.4. The first kappa shape index (κ1) is 51.6. The van der Waals surface area contributed by atoms with E-state index in [9.17, 15) is 29.4 Å². The van der Waals surface area contributed by atoms with Gasteiger partial charge in [-0.1, -0.05) is 57.2 Å². The first-order valence-electron chi connectivity index (χ1n) is 24.5. The number of pyridine rings is 1. The highest BCUT2D eigenvalue weighted by molar-refractivity contribution is 7.13. The minimum Gasteiger partial charge on any atom is -0.391 e. The normalized spacial score (nSPS) is 17.5. The van der Waals surface area contributed by atoms with Crippen molar-refractivity contribution in [3.05, 3.63) is 118 Å². The summed E-state index contributed by atoms with van der Waals surface area (Å²) in [4.78, 5) is 80.3. The molecule has 18 nitrogen and oxygen atoms in total. The Bertz CT molecular complexity index is 2960. The lowest BCUT2D eigenvalue weighted by atomic mass is 9.85. The molecule has 0 bridgehead atoms. The molecular formula is C53H66N12O6S. The first-order valence-corrected chi connectivity index (χ1v) is 25.4. The standard InChI is InChI=1S/C53H66N12O6S/c1-9-23-64-49(69)40-30-54-51(60-47(40)65(64)43-13-10-12-42(58-43)53(7,8)71)57-37-19-21-38(22-20-37)62-27-25-61(26-28-62)24-11-14-44(67)59-46(52(4,5)6)50(70)63-31-39(66)29-41(63)48(68)56-33(2)35-15-17-36(18-16-35)45-34(3)55-32-72-45/h9-10,12-13,15-22,30,32-33,39,41,46,66,71H,1,11,14,23-29,31H2,2-8H3,(H,56,68)(H,59,67)(H,54,57,60)/t33-,39+,41-,46?/m0/s1. The summed E-state index contributed by atoms with van der Waals surface area (Å²) in [7, 11) is 0. The van der Waals surface area contributed by atoms with Crippen molar-refractivity contribution in [3.8, 4) is 16.3 Å². The van der Waals surface area contributed by atoms with Gasteiger partial charge in [-0.25, -0.2) is 24.3 Å². The van der Waals surface area contributed by atoms with Gasteiger partial charge in [-0.15, -0.1) is 17.9 Å². The van der Waals surface area contributed by atoms with Gasteiger partial charge in [0.25, 0.3) is 5.56 Å². The van der Waals surface area contributed by atoms with E-state index >= 15 is 0 Å². The molecule has 0 aliphatic carbocycles. The summed E-state index contributed by atoms with van der Waals surface area (Å²) in [5, 5.41) is 31.0. The van der Waals surface area contributed by atoms with Crippen LogP contribution in [0.5, 0.6) is 0 Å². The predicted octanol–water partition coefficient (Wildman–Crippen LogP) is 5.84. The van der Waals surface area contributed by atoms with Crippen LogP contribution in [0.4, 0.5) is 17.3 Å². The fourth-order valence-electron chi connectivity index (χ4n) is 9.32. The smallest absolute Gasteiger partial charge is 0.278 e. The lowest BCUT2D eigenvalue weighted by Crippen LogP contribution is -2.57. The second-order valence-electron chi connectivity index (χ2n) is 20.3. The number of rotatable bonds is 17. The maximum Gasteiger partial charge on any atom is 0.278 e. The van der Waals surface area contributed by atoms with Crippen molar-refractivity contribution in [1.29, 1.82) is 0 Å². The molecule has 8 rings (SSSR count). The maximum atomic E-state index is 14.2. The highest BCUT2D eigenvalue weighted by Gasteiger charge is 2.44. The Hall–Kier alpha value is -6.80. The molecule has 4 atom stereocenters. The van der Waals surface area contributed by atoms with Gasteiger partial charge in [-0.2, -0.15) is 4.98 Å². The second kappa shape index (κ2) is 21.5. The Morgan fingerprint density at radius 3 is 2.32 bits per heavy atom. The van der Waals surface area contributed by atoms with Gasteiger partial charge in [0.1, 0.15) is 23.1 Å². The van der Waals surface area contributed by atoms with Crippen molar-refractivity contribution in [3.63, 3.8) is 0 Å². The molecule has 5 N–H and O–H groups in total. The van der Waals surface area contributed by atoms with Crippen molar-refractivity contribution in [2.75, 3.05) is 49.5 Å². The number of amides is 3. The fourth-order valence-corrected chi connectivity index (χ4v) is 10.1. The summed E-state index contributed by atoms with van der Waals surface area (Å²) < 4.78 is 3.11. The number of β-amino-alcohol motifs (C(OH)–C–C–N with tert-alkyl or cyclic N) is 1. The number of benzene rings is 2. The Morgan fingerprint density at radius 1 is 0.944 bits per heavy atom. The van der Waals surface area contributed by atoms with Gasteiger partial charge in [0.2, 0.25) is 23.7 Å². The van der Waals surface area contributed by atoms with Crippen LogP contribution < -0.4 is 26.4 Å². The fraction of sp³-hybridized carbons (Fsp3) is 0.434. The molecule has 0 radical (unpaired) electrons. The molecule has 6 heterocycles. The lowest BCUT2D eigenvalue weighted by molar-refractivity contribution is -0.144. The van der Waals surface area contributed by atoms with Crippen LogP contribution >= 0.6 is 11.3 Å². The van der Waals surface area contributed by atoms with E-state index in [1.54, 1.807) is 54.1 Å². The largest absolute Gasteiger partial charge is 0.391 e. The van der Waals surface area contributed by atoms with Crippen molar-refractivity contribution in [1.82, 2.24) is 49.7 Å². The van der Waals surface area contributed by atoms with Crippen LogP contribution in [-0.4, -0.2) is 124 Å². The van der Waals surface area contributed by atoms with Gasteiger partial charge in [0.05, 0.1) is 40.5 Å². The number of likely N-dealkylation sites (tertiary alicyclic amines) is 1. The van der Waals surface area contributed by atoms with E-state index in [-0.39, 0.29) is 55.3 Å². The number of piperazine rings is 1. The average Bonchev–Trinajstić information content (AvgIpc) is 4.04. The number of anilines is 3. The molecule has 0 saturated carbocycles. The van der Waals surface area contributed by atoms with E-state index in [2.05, 4.69) is 47.3 Å². The average molecular weight is 999 g/mol. The summed E-state index contributed by atoms with van der Waals surface area (Å²) in [5.41, 5.74) is 5.25. The summed E-state index contributed by atoms with van der Waals surface area (Å²) in [6.07, 6.45) is 3.23. The van der Waals surface area contributed by atoms with Crippen LogP contribution in [0.15, 0.2) is 95.9 Å². The summed E-state index contributed by atoms with van der Waals surface area (Å²) in [6, 6.07) is 19.1. The quantitative estimate of drug-likeness (QED) is 0.0681. The zero-order valence-corrected chi connectivity index (χ0v) is 42.9. The van der Waals surface area contributed by atoms with Gasteiger partial charge in [-0.3, -0.25) is 24.1 Å². The summed E-state index contributed by atoms with van der Waals surface area (Å²) in [6.45, 7) is 20.8. The van der Waals surface area contributed by atoms with Crippen LogP contribution in [0.2, 0.25) is 0 Å². The number of fused-ring (bicyclic) bond motifs is 1. The lowest BCUT2D eigenvalue weighted by Gasteiger charge is -2.36. The van der Waals surface area contributed by atoms with E-state index in [0.29, 0.717) is 34.9 Å². The number of hydrogen-bond acceptors (Lipinski definition) is 14. The molecule has 2 saturated heterocycles. The number of aryl methyl sites for hydroxylation is 1. The number of aromatic nitrogens is 6. The Labute approximate surface area is 423 Å². The van der Waals surface area contributed by atoms with Crippen LogP contribution in [0.3, 0.4) is 0 Å². The second-order valence-corrected chi connectivity index (χ2v) is 21.2. The number of aliphatic hydroxyl groups is 2. The van der Waals surface area contributed by atoms with Crippen molar-refractivity contribution >= 4 is 57.4 Å². The topological polar surface area (TPSA) is 216 Å². The molecule has 2 aliphatic rings. The number of nitrogens with one attached hydrogen (secondary N) is 3. The van der Waals surface area contributed by atoms with E-state index < -0.39 is 29.2 Å². The molecule has 380 valence electrons. The highest BCUT2D eigenvalue weighted by atomic mass is 32.1. The SMILES string of the molecule is C=CCn1c(=O)c2cnc(Nc3ccc(N4CCN(CCCC(=O)NC(C(=O)N5C[C@H](O)C[C@H]5C(=O)N[C@@H](C)c5ccc(-c6scnc6C)cc5)C(C)(C)C)CC4)cc3)nc2n1-c1cccc(C(C)(C)O)n1. The molecule has 6 aromatic rings. The van der Waals surface area contributed by atoms with E-state index in [0.717, 1.165) is 65.8 Å². The van der Waals surface area contributed by atoms with Gasteiger partial charge in [0, 0.05) is 63.1 Å². The zero-order valence-electron chi connectivity index (χ0n) is 42.1. The minimum absolute atomic E-state index is 0.00785. The molecule has 1 unspecified atom stereocenters. The van der Waals surface area contributed by atoms with E-state index in [4.69, 9.17) is 4.98 Å². The number of carbonyl (C=O) groups is 3. The minimum atomic E-state index is -1.19. The molecule has 19 heteroatoms. The predicted molar refractivity (Wildman–Crippen MR) is 280 cm³/mol. The molecule has 0 spiro atoms. The molecule has 2 aromatic carbocycles. The number of thiazole rings is 1. The third kappa shape index (κ3) is 11.6. The number of carbonyl (C=O) groups excluding carboxylic acids is 3. The first-order chi connectivity index (χ1) is 34.3. The maximum absolute atomic E-state index is 14.2. The monoisotopic (exact) mass is 998 g/mol. The Balaban J connectivity index is 0.816. The van der Waals surface area contributed by atoms with Crippen molar-refractivity contribution in [2.45, 2.75) is 104 Å². The van der Waals surface area contributed by atoms with Crippen molar-refractivity contribution < 1.29 is 24.6 Å². The van der Waals surface area contributed by atoms with Gasteiger partial charge in [0.15, 0.2) is 11.5 Å². The van der Waals surface area contributed by atoms with Crippen LogP contribution in [0.1, 0.15) is 83.8 Å². The molecule has 2 fully saturated rings. The molecular weight excluding hydrogens is 933 g/mol. The van der Waals surface area contributed by atoms with Gasteiger partial charge in [-0.05, 0) is 93.6 Å². The number of allylic oxidation sites excluding steroid dienone is 1. The third-order valence-corrected chi connectivity index (χ3v) is 14.3. The van der Waals surface area contributed by atoms with Crippen molar-refractivity contribution in [2.24, 2.45) is 5.41 Å².